The quantitative estimate of drug-likeness (QED) is 0.708. The van der Waals surface area contributed by atoms with Gasteiger partial charge in [0, 0.05) is 21.2 Å². The summed E-state index contributed by atoms with van der Waals surface area (Å²) < 4.78 is 0. The standard InChI is InChI=1S/C14H10Cl2O/c1-9(17)11-7-6-10(15)8-13(11)12-4-2-3-5-14(12)16/h2-8H,1H3. The number of benzene rings is 2. The van der Waals surface area contributed by atoms with Crippen LogP contribution in [-0.2, 0) is 0 Å². The summed E-state index contributed by atoms with van der Waals surface area (Å²) in [6, 6.07) is 12.6. The van der Waals surface area contributed by atoms with Crippen molar-refractivity contribution in [2.24, 2.45) is 0 Å². The second-order valence-corrected chi connectivity index (χ2v) is 4.57. The zero-order valence-electron chi connectivity index (χ0n) is 9.21. The van der Waals surface area contributed by atoms with E-state index in [1.165, 1.54) is 6.92 Å². The summed E-state index contributed by atoms with van der Waals surface area (Å²) >= 11 is 12.1. The minimum absolute atomic E-state index is 0.00316. The fourth-order valence-corrected chi connectivity index (χ4v) is 2.14. The van der Waals surface area contributed by atoms with Gasteiger partial charge in [0.1, 0.15) is 0 Å². The smallest absolute Gasteiger partial charge is 0.160 e. The Labute approximate surface area is 110 Å². The highest BCUT2D eigenvalue weighted by Gasteiger charge is 2.11. The van der Waals surface area contributed by atoms with Crippen molar-refractivity contribution < 1.29 is 4.79 Å². The first-order valence-corrected chi connectivity index (χ1v) is 5.90. The molecule has 0 bridgehead atoms. The first-order valence-electron chi connectivity index (χ1n) is 5.15. The highest BCUT2D eigenvalue weighted by atomic mass is 35.5. The van der Waals surface area contributed by atoms with Gasteiger partial charge in [-0.15, -0.1) is 0 Å². The van der Waals surface area contributed by atoms with Gasteiger partial charge < -0.3 is 0 Å². The number of halogens is 2. The molecule has 0 unspecified atom stereocenters. The number of ketones is 1. The number of carbonyl (C=O) groups is 1. The maximum Gasteiger partial charge on any atom is 0.160 e. The monoisotopic (exact) mass is 264 g/mol. The molecule has 86 valence electrons. The van der Waals surface area contributed by atoms with E-state index in [0.29, 0.717) is 15.6 Å². The van der Waals surface area contributed by atoms with Crippen LogP contribution in [0.1, 0.15) is 17.3 Å². The molecule has 0 saturated heterocycles. The molecule has 0 spiro atoms. The highest BCUT2D eigenvalue weighted by Crippen LogP contribution is 2.32. The Hall–Kier alpha value is -1.31. The molecule has 0 aliphatic rings. The van der Waals surface area contributed by atoms with Crippen molar-refractivity contribution in [1.29, 1.82) is 0 Å². The van der Waals surface area contributed by atoms with Crippen LogP contribution >= 0.6 is 23.2 Å². The van der Waals surface area contributed by atoms with E-state index in [4.69, 9.17) is 23.2 Å². The van der Waals surface area contributed by atoms with Crippen molar-refractivity contribution in [1.82, 2.24) is 0 Å². The van der Waals surface area contributed by atoms with Crippen LogP contribution in [-0.4, -0.2) is 5.78 Å². The normalized spacial score (nSPS) is 10.3. The molecule has 0 heterocycles. The van der Waals surface area contributed by atoms with E-state index >= 15 is 0 Å². The Kier molecular flexibility index (Phi) is 3.51. The SMILES string of the molecule is CC(=O)c1ccc(Cl)cc1-c1ccccc1Cl. The second kappa shape index (κ2) is 4.91. The largest absolute Gasteiger partial charge is 0.294 e. The van der Waals surface area contributed by atoms with E-state index in [9.17, 15) is 4.79 Å². The predicted molar refractivity (Wildman–Crippen MR) is 71.9 cm³/mol. The van der Waals surface area contributed by atoms with E-state index < -0.39 is 0 Å². The molecule has 1 nitrogen and oxygen atoms in total. The predicted octanol–water partition coefficient (Wildman–Crippen LogP) is 4.86. The van der Waals surface area contributed by atoms with Crippen molar-refractivity contribution in [3.63, 3.8) is 0 Å². The van der Waals surface area contributed by atoms with E-state index in [-0.39, 0.29) is 5.78 Å². The number of hydrogen-bond donors (Lipinski definition) is 0. The molecular weight excluding hydrogens is 255 g/mol. The van der Waals surface area contributed by atoms with Gasteiger partial charge in [0.25, 0.3) is 0 Å². The van der Waals surface area contributed by atoms with Gasteiger partial charge in [-0.1, -0.05) is 41.4 Å². The van der Waals surface area contributed by atoms with Crippen LogP contribution in [0.4, 0.5) is 0 Å². The zero-order chi connectivity index (χ0) is 12.4. The molecule has 2 aromatic carbocycles. The molecule has 0 atom stereocenters. The van der Waals surface area contributed by atoms with E-state index in [2.05, 4.69) is 0 Å². The van der Waals surface area contributed by atoms with Gasteiger partial charge in [0.2, 0.25) is 0 Å². The lowest BCUT2D eigenvalue weighted by atomic mass is 9.97. The van der Waals surface area contributed by atoms with Gasteiger partial charge in [-0.3, -0.25) is 4.79 Å². The van der Waals surface area contributed by atoms with Gasteiger partial charge in [-0.2, -0.15) is 0 Å². The average Bonchev–Trinajstić information content (AvgIpc) is 2.29. The van der Waals surface area contributed by atoms with Crippen molar-refractivity contribution >= 4 is 29.0 Å². The van der Waals surface area contributed by atoms with E-state index in [1.54, 1.807) is 24.3 Å². The lowest BCUT2D eigenvalue weighted by molar-refractivity contribution is 0.101. The molecule has 3 heteroatoms. The maximum atomic E-state index is 11.6. The molecule has 2 rings (SSSR count). The van der Waals surface area contributed by atoms with Gasteiger partial charge in [-0.05, 0) is 36.8 Å². The minimum Gasteiger partial charge on any atom is -0.294 e. The van der Waals surface area contributed by atoms with Crippen LogP contribution in [0.15, 0.2) is 42.5 Å². The van der Waals surface area contributed by atoms with Crippen molar-refractivity contribution in [3.8, 4) is 11.1 Å². The highest BCUT2D eigenvalue weighted by molar-refractivity contribution is 6.34. The number of Topliss-reactive ketones (excluding diaryl/α,β-unsaturated/α-hetero) is 1. The van der Waals surface area contributed by atoms with Gasteiger partial charge in [0.05, 0.1) is 0 Å². The first kappa shape index (κ1) is 12.2. The molecular formula is C14H10Cl2O. The molecule has 17 heavy (non-hydrogen) atoms. The van der Waals surface area contributed by atoms with Gasteiger partial charge in [0.15, 0.2) is 5.78 Å². The van der Waals surface area contributed by atoms with E-state index in [0.717, 1.165) is 11.1 Å². The van der Waals surface area contributed by atoms with Gasteiger partial charge in [-0.25, -0.2) is 0 Å². The number of carbonyl (C=O) groups excluding carboxylic acids is 1. The van der Waals surface area contributed by atoms with E-state index in [1.807, 2.05) is 18.2 Å². The average molecular weight is 265 g/mol. The molecule has 0 saturated carbocycles. The second-order valence-electron chi connectivity index (χ2n) is 3.73. The summed E-state index contributed by atoms with van der Waals surface area (Å²) in [6.45, 7) is 1.53. The third-order valence-corrected chi connectivity index (χ3v) is 3.09. The van der Waals surface area contributed by atoms with Crippen LogP contribution in [0, 0.1) is 0 Å². The fraction of sp³-hybridized carbons (Fsp3) is 0.0714. The van der Waals surface area contributed by atoms with Crippen molar-refractivity contribution in [2.45, 2.75) is 6.92 Å². The lowest BCUT2D eigenvalue weighted by Gasteiger charge is -2.09. The third kappa shape index (κ3) is 2.51. The molecule has 0 fully saturated rings. The Balaban J connectivity index is 2.70. The molecule has 0 aliphatic heterocycles. The van der Waals surface area contributed by atoms with Crippen LogP contribution in [0.3, 0.4) is 0 Å². The fourth-order valence-electron chi connectivity index (χ4n) is 1.73. The van der Waals surface area contributed by atoms with Crippen LogP contribution in [0.2, 0.25) is 10.0 Å². The number of rotatable bonds is 2. The molecule has 2 aromatic rings. The zero-order valence-corrected chi connectivity index (χ0v) is 10.7. The Bertz CT molecular complexity index is 576. The summed E-state index contributed by atoms with van der Waals surface area (Å²) in [5.41, 5.74) is 2.22. The topological polar surface area (TPSA) is 17.1 Å². The summed E-state index contributed by atoms with van der Waals surface area (Å²) in [6.07, 6.45) is 0. The molecule has 0 amide bonds. The van der Waals surface area contributed by atoms with Crippen molar-refractivity contribution in [3.05, 3.63) is 58.1 Å². The summed E-state index contributed by atoms with van der Waals surface area (Å²) in [4.78, 5) is 11.6. The van der Waals surface area contributed by atoms with Gasteiger partial charge >= 0.3 is 0 Å². The molecule has 0 N–H and O–H groups in total. The summed E-state index contributed by atoms with van der Waals surface area (Å²) in [7, 11) is 0. The molecule has 0 aliphatic carbocycles. The van der Waals surface area contributed by atoms with Crippen LogP contribution < -0.4 is 0 Å². The third-order valence-electron chi connectivity index (χ3n) is 2.52. The summed E-state index contributed by atoms with van der Waals surface area (Å²) in [5, 5.41) is 1.20. The Morgan fingerprint density at radius 2 is 1.71 bits per heavy atom. The van der Waals surface area contributed by atoms with Crippen LogP contribution in [0.5, 0.6) is 0 Å². The first-order chi connectivity index (χ1) is 8.09. The Morgan fingerprint density at radius 1 is 1.00 bits per heavy atom. The minimum atomic E-state index is -0.00316. The molecule has 0 radical (unpaired) electrons. The summed E-state index contributed by atoms with van der Waals surface area (Å²) in [5.74, 6) is -0.00316. The molecule has 0 aromatic heterocycles. The van der Waals surface area contributed by atoms with Crippen LogP contribution in [0.25, 0.3) is 11.1 Å². The van der Waals surface area contributed by atoms with Crippen molar-refractivity contribution in [2.75, 3.05) is 0 Å². The Morgan fingerprint density at radius 3 is 2.35 bits per heavy atom. The lowest BCUT2D eigenvalue weighted by Crippen LogP contribution is -1.96. The maximum absolute atomic E-state index is 11.6. The number of hydrogen-bond acceptors (Lipinski definition) is 1.